The van der Waals surface area contributed by atoms with Gasteiger partial charge in [0.15, 0.2) is 11.5 Å². The lowest BCUT2D eigenvalue weighted by atomic mass is 10.2. The van der Waals surface area contributed by atoms with Gasteiger partial charge in [0.25, 0.3) is 0 Å². The zero-order valence-electron chi connectivity index (χ0n) is 12.0. The van der Waals surface area contributed by atoms with Gasteiger partial charge >= 0.3 is 5.97 Å². The molecule has 0 bridgehead atoms. The van der Waals surface area contributed by atoms with Crippen LogP contribution in [-0.4, -0.2) is 29.0 Å². The molecule has 2 rings (SSSR count). The summed E-state index contributed by atoms with van der Waals surface area (Å²) in [7, 11) is 1.48. The third kappa shape index (κ3) is 4.33. The normalized spacial score (nSPS) is 11.7. The highest BCUT2D eigenvalue weighted by Crippen LogP contribution is 2.35. The molecule has 0 spiro atoms. The molecular formula is C16H17NO4S. The minimum Gasteiger partial charge on any atom is -0.504 e. The van der Waals surface area contributed by atoms with Gasteiger partial charge in [-0.25, -0.2) is 0 Å². The van der Waals surface area contributed by atoms with Crippen LogP contribution in [0, 0.1) is 0 Å². The summed E-state index contributed by atoms with van der Waals surface area (Å²) in [6.07, 6.45) is 0. The number of phenols is 1. The van der Waals surface area contributed by atoms with Crippen molar-refractivity contribution < 1.29 is 19.7 Å². The van der Waals surface area contributed by atoms with Crippen LogP contribution in [0.3, 0.4) is 0 Å². The van der Waals surface area contributed by atoms with Gasteiger partial charge in [-0.05, 0) is 29.8 Å². The number of nitrogens with one attached hydrogen (secondary N) is 1. The van der Waals surface area contributed by atoms with E-state index in [1.807, 2.05) is 30.3 Å². The molecule has 0 saturated heterocycles. The first kappa shape index (κ1) is 16.0. The van der Waals surface area contributed by atoms with Gasteiger partial charge in [-0.2, -0.15) is 0 Å². The number of aliphatic carboxylic acids is 1. The Morgan fingerprint density at radius 3 is 2.64 bits per heavy atom. The zero-order chi connectivity index (χ0) is 15.9. The summed E-state index contributed by atoms with van der Waals surface area (Å²) < 4.78 is 5.11. The summed E-state index contributed by atoms with van der Waals surface area (Å²) in [6.45, 7) is 0. The topological polar surface area (TPSA) is 78.8 Å². The molecule has 0 fully saturated rings. The molecule has 5 nitrogen and oxygen atoms in total. The zero-order valence-corrected chi connectivity index (χ0v) is 12.8. The molecular weight excluding hydrogens is 302 g/mol. The van der Waals surface area contributed by atoms with E-state index in [2.05, 4.69) is 5.32 Å². The number of methoxy groups -OCH3 is 1. The molecule has 0 unspecified atom stereocenters. The number of carboxylic acid groups (broad SMARTS) is 1. The molecule has 0 aromatic heterocycles. The molecule has 0 radical (unpaired) electrons. The van der Waals surface area contributed by atoms with Crippen molar-refractivity contribution in [1.29, 1.82) is 0 Å². The molecule has 6 heteroatoms. The van der Waals surface area contributed by atoms with E-state index >= 15 is 0 Å². The second-order valence-corrected chi connectivity index (χ2v) is 5.62. The molecule has 2 aromatic carbocycles. The largest absolute Gasteiger partial charge is 0.504 e. The lowest BCUT2D eigenvalue weighted by Gasteiger charge is -2.20. The van der Waals surface area contributed by atoms with Crippen molar-refractivity contribution >= 4 is 23.4 Å². The minimum absolute atomic E-state index is 0.0340. The highest BCUT2D eigenvalue weighted by molar-refractivity contribution is 8.00. The van der Waals surface area contributed by atoms with Crippen molar-refractivity contribution in [2.45, 2.75) is 5.37 Å². The van der Waals surface area contributed by atoms with Crippen molar-refractivity contribution in [1.82, 2.24) is 0 Å². The molecule has 1 atom stereocenters. The summed E-state index contributed by atoms with van der Waals surface area (Å²) in [5, 5.41) is 21.6. The number of carboxylic acids is 1. The van der Waals surface area contributed by atoms with E-state index in [1.165, 1.54) is 24.9 Å². The average molecular weight is 319 g/mol. The number of para-hydroxylation sites is 1. The van der Waals surface area contributed by atoms with Crippen LogP contribution in [0.4, 0.5) is 5.69 Å². The van der Waals surface area contributed by atoms with E-state index in [-0.39, 0.29) is 16.9 Å². The van der Waals surface area contributed by atoms with Gasteiger partial charge in [-0.15, -0.1) is 11.8 Å². The molecule has 0 aliphatic rings. The van der Waals surface area contributed by atoms with Gasteiger partial charge < -0.3 is 20.3 Å². The van der Waals surface area contributed by atoms with Crippen molar-refractivity contribution in [3.05, 3.63) is 54.1 Å². The summed E-state index contributed by atoms with van der Waals surface area (Å²) in [6, 6.07) is 14.5. The van der Waals surface area contributed by atoms with Gasteiger partial charge in [0.1, 0.15) is 0 Å². The number of benzene rings is 2. The maximum atomic E-state index is 10.9. The monoisotopic (exact) mass is 319 g/mol. The molecule has 0 aliphatic carbocycles. The predicted molar refractivity (Wildman–Crippen MR) is 87.6 cm³/mol. The van der Waals surface area contributed by atoms with E-state index in [0.29, 0.717) is 5.75 Å². The Bertz CT molecular complexity index is 633. The Balaban J connectivity index is 2.25. The molecule has 0 aliphatic heterocycles. The molecule has 0 amide bonds. The Morgan fingerprint density at radius 2 is 2.00 bits per heavy atom. The number of hydrogen-bond acceptors (Lipinski definition) is 5. The number of thioether (sulfide) groups is 1. The van der Waals surface area contributed by atoms with Crippen LogP contribution in [0.5, 0.6) is 11.5 Å². The van der Waals surface area contributed by atoms with Crippen molar-refractivity contribution in [3.63, 3.8) is 0 Å². The number of carbonyl (C=O) groups is 1. The number of hydrogen-bond donors (Lipinski definition) is 3. The van der Waals surface area contributed by atoms with Crippen LogP contribution < -0.4 is 10.1 Å². The van der Waals surface area contributed by atoms with Crippen LogP contribution in [0.25, 0.3) is 0 Å². The fourth-order valence-corrected chi connectivity index (χ4v) is 2.79. The van der Waals surface area contributed by atoms with Gasteiger partial charge in [0.05, 0.1) is 18.2 Å². The number of aromatic hydroxyl groups is 1. The fourth-order valence-electron chi connectivity index (χ4n) is 1.92. The first-order valence-electron chi connectivity index (χ1n) is 6.62. The fraction of sp³-hybridized carbons (Fsp3) is 0.188. The number of anilines is 1. The summed E-state index contributed by atoms with van der Waals surface area (Å²) in [5.41, 5.74) is 1.71. The van der Waals surface area contributed by atoms with Crippen LogP contribution in [0.15, 0.2) is 48.5 Å². The summed E-state index contributed by atoms with van der Waals surface area (Å²) in [5.74, 6) is -0.509. The van der Waals surface area contributed by atoms with Crippen LogP contribution >= 0.6 is 11.8 Å². The molecule has 0 heterocycles. The molecule has 2 aromatic rings. The van der Waals surface area contributed by atoms with Gasteiger partial charge in [-0.3, -0.25) is 4.79 Å². The molecule has 116 valence electrons. The highest BCUT2D eigenvalue weighted by Gasteiger charge is 2.16. The third-order valence-corrected chi connectivity index (χ3v) is 4.09. The second kappa shape index (κ2) is 7.61. The van der Waals surface area contributed by atoms with E-state index in [1.54, 1.807) is 12.1 Å². The third-order valence-electron chi connectivity index (χ3n) is 2.95. The SMILES string of the molecule is COc1cc([C@H](Nc2ccccc2)SCC(=O)O)ccc1O. The molecule has 3 N–H and O–H groups in total. The number of rotatable bonds is 7. The average Bonchev–Trinajstić information content (AvgIpc) is 2.53. The van der Waals surface area contributed by atoms with E-state index in [4.69, 9.17) is 9.84 Å². The minimum atomic E-state index is -0.879. The first-order chi connectivity index (χ1) is 10.6. The maximum Gasteiger partial charge on any atom is 0.313 e. The quantitative estimate of drug-likeness (QED) is 0.679. The van der Waals surface area contributed by atoms with Crippen LogP contribution in [0.1, 0.15) is 10.9 Å². The maximum absolute atomic E-state index is 10.9. The lowest BCUT2D eigenvalue weighted by molar-refractivity contribution is -0.133. The van der Waals surface area contributed by atoms with E-state index in [9.17, 15) is 9.90 Å². The van der Waals surface area contributed by atoms with Crippen molar-refractivity contribution in [3.8, 4) is 11.5 Å². The lowest BCUT2D eigenvalue weighted by Crippen LogP contribution is -2.10. The second-order valence-electron chi connectivity index (χ2n) is 4.53. The Hall–Kier alpha value is -2.34. The smallest absolute Gasteiger partial charge is 0.313 e. The molecule has 0 saturated carbocycles. The number of ether oxygens (including phenoxy) is 1. The van der Waals surface area contributed by atoms with E-state index in [0.717, 1.165) is 11.3 Å². The van der Waals surface area contributed by atoms with Crippen molar-refractivity contribution in [2.75, 3.05) is 18.2 Å². The van der Waals surface area contributed by atoms with Gasteiger partial charge in [-0.1, -0.05) is 24.3 Å². The summed E-state index contributed by atoms with van der Waals surface area (Å²) in [4.78, 5) is 10.9. The highest BCUT2D eigenvalue weighted by atomic mass is 32.2. The first-order valence-corrected chi connectivity index (χ1v) is 7.67. The van der Waals surface area contributed by atoms with Gasteiger partial charge in [0, 0.05) is 5.69 Å². The van der Waals surface area contributed by atoms with Crippen LogP contribution in [0.2, 0.25) is 0 Å². The van der Waals surface area contributed by atoms with Crippen molar-refractivity contribution in [2.24, 2.45) is 0 Å². The summed E-state index contributed by atoms with van der Waals surface area (Å²) >= 11 is 1.25. The predicted octanol–water partition coefficient (Wildman–Crippen LogP) is 3.33. The van der Waals surface area contributed by atoms with E-state index < -0.39 is 5.97 Å². The standard InChI is InChI=1S/C16H17NO4S/c1-21-14-9-11(7-8-13(14)18)16(22-10-15(19)20)17-12-5-3-2-4-6-12/h2-9,16-18H,10H2,1H3,(H,19,20)/t16-/m1/s1. The molecule has 22 heavy (non-hydrogen) atoms. The van der Waals surface area contributed by atoms with Gasteiger partial charge in [0.2, 0.25) is 0 Å². The number of phenolic OH excluding ortho intramolecular Hbond substituents is 1. The Morgan fingerprint density at radius 1 is 1.27 bits per heavy atom. The Labute approximate surface area is 132 Å². The van der Waals surface area contributed by atoms with Crippen LogP contribution in [-0.2, 0) is 4.79 Å². The Kier molecular flexibility index (Phi) is 5.55.